The summed E-state index contributed by atoms with van der Waals surface area (Å²) in [4.78, 5) is 0. The lowest BCUT2D eigenvalue weighted by Gasteiger charge is -2.22. The largest absolute Gasteiger partial charge is 0.0616 e. The van der Waals surface area contributed by atoms with Gasteiger partial charge in [0.05, 0.1) is 0 Å². The van der Waals surface area contributed by atoms with Gasteiger partial charge < -0.3 is 0 Å². The summed E-state index contributed by atoms with van der Waals surface area (Å²) in [6, 6.07) is 63.1. The molecule has 0 N–H and O–H groups in total. The van der Waals surface area contributed by atoms with Crippen LogP contribution in [0.1, 0.15) is 25.0 Å². The summed E-state index contributed by atoms with van der Waals surface area (Å²) in [5, 5.41) is 10.3. The summed E-state index contributed by atoms with van der Waals surface area (Å²) in [6.45, 7) is 4.74. The van der Waals surface area contributed by atoms with E-state index in [4.69, 9.17) is 0 Å². The Morgan fingerprint density at radius 2 is 0.816 bits per heavy atom. The van der Waals surface area contributed by atoms with Gasteiger partial charge in [-0.3, -0.25) is 0 Å². The highest BCUT2D eigenvalue weighted by molar-refractivity contribution is 6.23. The Morgan fingerprint density at radius 3 is 1.49 bits per heavy atom. The average molecular weight is 623 g/mol. The number of hydrogen-bond acceptors (Lipinski definition) is 0. The molecule has 1 aliphatic carbocycles. The van der Waals surface area contributed by atoms with Crippen molar-refractivity contribution in [3.63, 3.8) is 0 Å². The van der Waals surface area contributed by atoms with Crippen LogP contribution in [0.4, 0.5) is 0 Å². The van der Waals surface area contributed by atoms with Gasteiger partial charge in [-0.2, -0.15) is 0 Å². The second-order valence-corrected chi connectivity index (χ2v) is 14.0. The topological polar surface area (TPSA) is 0 Å². The summed E-state index contributed by atoms with van der Waals surface area (Å²) in [6.07, 6.45) is 0. The maximum absolute atomic E-state index is 2.43. The molecule has 49 heavy (non-hydrogen) atoms. The molecule has 0 bridgehead atoms. The first-order chi connectivity index (χ1) is 24.1. The van der Waals surface area contributed by atoms with E-state index in [0.717, 1.165) is 0 Å². The molecule has 0 radical (unpaired) electrons. The van der Waals surface area contributed by atoms with Crippen molar-refractivity contribution in [3.8, 4) is 44.5 Å². The first-order valence-corrected chi connectivity index (χ1v) is 17.3. The van der Waals surface area contributed by atoms with E-state index < -0.39 is 0 Å². The monoisotopic (exact) mass is 622 g/mol. The molecule has 0 heteroatoms. The van der Waals surface area contributed by atoms with E-state index in [0.29, 0.717) is 0 Å². The SMILES string of the molecule is CC1(C)c2cc(-c3ccc(-c4c5ccccc5c(-c5cccc6ccccc56)c5ccccc45)cc3)ccc2-c2c1ccc1ccccc21. The third-order valence-electron chi connectivity index (χ3n) is 11.1. The zero-order chi connectivity index (χ0) is 32.7. The quantitative estimate of drug-likeness (QED) is 0.172. The first kappa shape index (κ1) is 28.1. The molecule has 0 saturated carbocycles. The van der Waals surface area contributed by atoms with Crippen LogP contribution in [-0.2, 0) is 5.41 Å². The molecule has 0 nitrogen and oxygen atoms in total. The van der Waals surface area contributed by atoms with Crippen LogP contribution in [0.2, 0.25) is 0 Å². The molecule has 0 spiro atoms. The predicted octanol–water partition coefficient (Wildman–Crippen LogP) is 13.6. The van der Waals surface area contributed by atoms with Gasteiger partial charge in [-0.25, -0.2) is 0 Å². The summed E-state index contributed by atoms with van der Waals surface area (Å²) in [5.41, 5.74) is 13.1. The first-order valence-electron chi connectivity index (χ1n) is 17.3. The third kappa shape index (κ3) is 4.11. The van der Waals surface area contributed by atoms with Crippen molar-refractivity contribution in [2.75, 3.05) is 0 Å². The second kappa shape index (κ2) is 10.5. The van der Waals surface area contributed by atoms with Crippen molar-refractivity contribution in [1.82, 2.24) is 0 Å². The van der Waals surface area contributed by atoms with E-state index in [1.165, 1.54) is 98.7 Å². The maximum Gasteiger partial charge on any atom is 0.0159 e. The van der Waals surface area contributed by atoms with E-state index in [9.17, 15) is 0 Å². The van der Waals surface area contributed by atoms with Crippen molar-refractivity contribution >= 4 is 43.1 Å². The summed E-state index contributed by atoms with van der Waals surface area (Å²) in [5.74, 6) is 0. The minimum absolute atomic E-state index is 0.0612. The van der Waals surface area contributed by atoms with Crippen LogP contribution >= 0.6 is 0 Å². The second-order valence-electron chi connectivity index (χ2n) is 14.0. The summed E-state index contributed by atoms with van der Waals surface area (Å²) < 4.78 is 0. The Balaban J connectivity index is 1.12. The molecule has 0 unspecified atom stereocenters. The Morgan fingerprint density at radius 1 is 0.306 bits per heavy atom. The number of fused-ring (bicyclic) bond motifs is 8. The lowest BCUT2D eigenvalue weighted by atomic mass is 9.81. The molecule has 0 atom stereocenters. The Hall–Kier alpha value is -5.98. The van der Waals surface area contributed by atoms with Crippen molar-refractivity contribution in [2.45, 2.75) is 19.3 Å². The molecule has 0 fully saturated rings. The van der Waals surface area contributed by atoms with Gasteiger partial charge in [-0.15, -0.1) is 0 Å². The lowest BCUT2D eigenvalue weighted by Crippen LogP contribution is -2.15. The van der Waals surface area contributed by atoms with Crippen LogP contribution in [0.15, 0.2) is 170 Å². The Bertz CT molecular complexity index is 2720. The summed E-state index contributed by atoms with van der Waals surface area (Å²) >= 11 is 0. The van der Waals surface area contributed by atoms with Crippen LogP contribution in [0.25, 0.3) is 87.6 Å². The highest BCUT2D eigenvalue weighted by Gasteiger charge is 2.36. The van der Waals surface area contributed by atoms with Crippen LogP contribution in [0, 0.1) is 0 Å². The molecular formula is C49H34. The van der Waals surface area contributed by atoms with E-state index in [2.05, 4.69) is 184 Å². The minimum atomic E-state index is -0.0612. The Kier molecular flexibility index (Phi) is 6.02. The van der Waals surface area contributed by atoms with Gasteiger partial charge in [0, 0.05) is 5.41 Å². The van der Waals surface area contributed by atoms with Crippen LogP contribution in [-0.4, -0.2) is 0 Å². The average Bonchev–Trinajstić information content (AvgIpc) is 3.39. The van der Waals surface area contributed by atoms with Crippen LogP contribution in [0.5, 0.6) is 0 Å². The standard InChI is InChI=1S/C49H34/c1-49(2)44-29-27-33-13-4-6-16-37(33)48(44)43-28-26-35(30-45(43)49)31-22-24-34(25-23-31)46-39-17-7-9-19-41(39)47(42-20-10-8-18-40(42)46)38-21-11-14-32-12-3-5-15-36(32)38/h3-30H,1-2H3. The fourth-order valence-electron chi connectivity index (χ4n) is 8.69. The van der Waals surface area contributed by atoms with Crippen molar-refractivity contribution in [3.05, 3.63) is 181 Å². The van der Waals surface area contributed by atoms with E-state index >= 15 is 0 Å². The third-order valence-corrected chi connectivity index (χ3v) is 11.1. The molecule has 0 saturated heterocycles. The van der Waals surface area contributed by atoms with E-state index in [1.54, 1.807) is 0 Å². The minimum Gasteiger partial charge on any atom is -0.0616 e. The van der Waals surface area contributed by atoms with Gasteiger partial charge in [0.1, 0.15) is 0 Å². The fraction of sp³-hybridized carbons (Fsp3) is 0.0612. The van der Waals surface area contributed by atoms with Crippen molar-refractivity contribution in [1.29, 1.82) is 0 Å². The van der Waals surface area contributed by atoms with Gasteiger partial charge >= 0.3 is 0 Å². The molecule has 1 aliphatic rings. The highest BCUT2D eigenvalue weighted by Crippen LogP contribution is 2.52. The Labute approximate surface area is 286 Å². The van der Waals surface area contributed by atoms with E-state index in [1.807, 2.05) is 0 Å². The van der Waals surface area contributed by atoms with Gasteiger partial charge in [0.2, 0.25) is 0 Å². The molecule has 230 valence electrons. The van der Waals surface area contributed by atoms with Gasteiger partial charge in [-0.05, 0) is 105 Å². The number of benzene rings is 9. The zero-order valence-corrected chi connectivity index (χ0v) is 27.7. The molecule has 0 amide bonds. The van der Waals surface area contributed by atoms with Crippen molar-refractivity contribution in [2.24, 2.45) is 0 Å². The van der Waals surface area contributed by atoms with E-state index in [-0.39, 0.29) is 5.41 Å². The highest BCUT2D eigenvalue weighted by atomic mass is 14.4. The molecule has 9 aromatic rings. The smallest absolute Gasteiger partial charge is 0.0159 e. The molecule has 0 heterocycles. The van der Waals surface area contributed by atoms with Crippen LogP contribution < -0.4 is 0 Å². The lowest BCUT2D eigenvalue weighted by molar-refractivity contribution is 0.661. The molecule has 9 aromatic carbocycles. The van der Waals surface area contributed by atoms with Crippen LogP contribution in [0.3, 0.4) is 0 Å². The fourth-order valence-corrected chi connectivity index (χ4v) is 8.69. The molecule has 0 aromatic heterocycles. The normalized spacial score (nSPS) is 13.3. The van der Waals surface area contributed by atoms with Gasteiger partial charge in [0.15, 0.2) is 0 Å². The zero-order valence-electron chi connectivity index (χ0n) is 27.7. The molecule has 0 aliphatic heterocycles. The maximum atomic E-state index is 2.43. The van der Waals surface area contributed by atoms with Gasteiger partial charge in [-0.1, -0.05) is 178 Å². The van der Waals surface area contributed by atoms with Crippen molar-refractivity contribution < 1.29 is 0 Å². The number of hydrogen-bond donors (Lipinski definition) is 0. The molecular weight excluding hydrogens is 589 g/mol. The molecule has 10 rings (SSSR count). The predicted molar refractivity (Wildman–Crippen MR) is 210 cm³/mol. The van der Waals surface area contributed by atoms with Gasteiger partial charge in [0.25, 0.3) is 0 Å². The number of rotatable bonds is 3. The summed E-state index contributed by atoms with van der Waals surface area (Å²) in [7, 11) is 0.